The number of aromatic amines is 1. The summed E-state index contributed by atoms with van der Waals surface area (Å²) in [7, 11) is 0. The van der Waals surface area contributed by atoms with Crippen LogP contribution in [-0.4, -0.2) is 33.9 Å². The molecule has 0 spiro atoms. The van der Waals surface area contributed by atoms with Crippen molar-refractivity contribution in [3.8, 4) is 0 Å². The number of hydrogen-bond donors (Lipinski definition) is 3. The number of rotatable bonds is 4. The second-order valence-electron chi connectivity index (χ2n) is 5.01. The quantitative estimate of drug-likeness (QED) is 0.705. The van der Waals surface area contributed by atoms with Crippen molar-refractivity contribution in [1.29, 1.82) is 0 Å². The lowest BCUT2D eigenvalue weighted by atomic mass is 10.1. The van der Waals surface area contributed by atoms with E-state index in [9.17, 15) is 19.2 Å². The van der Waals surface area contributed by atoms with Gasteiger partial charge in [-0.05, 0) is 24.5 Å². The Morgan fingerprint density at radius 1 is 1.17 bits per heavy atom. The number of imide groups is 1. The Morgan fingerprint density at radius 3 is 2.67 bits per heavy atom. The molecule has 0 atom stereocenters. The highest BCUT2D eigenvalue weighted by molar-refractivity contribution is 7.97. The number of aromatic nitrogens is 2. The molecule has 122 valence electrons. The van der Waals surface area contributed by atoms with Crippen LogP contribution in [0.2, 0.25) is 0 Å². The van der Waals surface area contributed by atoms with Crippen molar-refractivity contribution < 1.29 is 14.4 Å². The van der Waals surface area contributed by atoms with Gasteiger partial charge in [-0.25, -0.2) is 4.98 Å². The molecule has 1 aromatic carbocycles. The van der Waals surface area contributed by atoms with E-state index in [0.717, 1.165) is 6.07 Å². The van der Waals surface area contributed by atoms with Crippen molar-refractivity contribution in [2.24, 2.45) is 0 Å². The van der Waals surface area contributed by atoms with Crippen molar-refractivity contribution in [3.63, 3.8) is 0 Å². The fourth-order valence-corrected chi connectivity index (χ4v) is 2.68. The average Bonchev–Trinajstić information content (AvgIpc) is 2.81. The second kappa shape index (κ2) is 6.28. The van der Waals surface area contributed by atoms with E-state index in [0.29, 0.717) is 17.3 Å². The number of H-pyrrole nitrogens is 1. The van der Waals surface area contributed by atoms with Gasteiger partial charge in [0.15, 0.2) is 0 Å². The minimum Gasteiger partial charge on any atom is -0.321 e. The third-order valence-corrected chi connectivity index (χ3v) is 3.86. The summed E-state index contributed by atoms with van der Waals surface area (Å²) in [5.41, 5.74) is 0.341. The van der Waals surface area contributed by atoms with E-state index < -0.39 is 23.3 Å². The number of thioether (sulfide) groups is 1. The fourth-order valence-electron chi connectivity index (χ4n) is 2.27. The molecule has 0 fully saturated rings. The van der Waals surface area contributed by atoms with Gasteiger partial charge in [0, 0.05) is 11.8 Å². The highest BCUT2D eigenvalue weighted by Gasteiger charge is 2.26. The van der Waals surface area contributed by atoms with Crippen molar-refractivity contribution in [1.82, 2.24) is 15.3 Å². The van der Waals surface area contributed by atoms with E-state index in [1.165, 1.54) is 30.0 Å². The smallest absolute Gasteiger partial charge is 0.274 e. The average molecular weight is 344 g/mol. The fraction of sp³-hybridized carbons (Fsp3) is 0.133. The van der Waals surface area contributed by atoms with Crippen LogP contribution in [0, 0.1) is 0 Å². The standard InChI is InChI=1S/C15H12N4O4S/c1-24-6-11-17-10(5-12(20)18-11)15(23)16-7-2-3-8-9(4-7)14(22)19-13(8)21/h2-5H,6H2,1H3,(H,16,23)(H,17,18,20)(H,19,21,22). The lowest BCUT2D eigenvalue weighted by molar-refractivity contribution is 0.0878. The van der Waals surface area contributed by atoms with Crippen LogP contribution in [0.25, 0.3) is 0 Å². The number of nitrogens with one attached hydrogen (secondary N) is 3. The van der Waals surface area contributed by atoms with Gasteiger partial charge in [-0.2, -0.15) is 11.8 Å². The number of carbonyl (C=O) groups is 3. The maximum Gasteiger partial charge on any atom is 0.274 e. The Bertz CT molecular complexity index is 922. The molecule has 9 heteroatoms. The molecule has 0 radical (unpaired) electrons. The van der Waals surface area contributed by atoms with E-state index in [2.05, 4.69) is 20.6 Å². The molecule has 0 aliphatic carbocycles. The van der Waals surface area contributed by atoms with Crippen LogP contribution in [-0.2, 0) is 5.75 Å². The van der Waals surface area contributed by atoms with Gasteiger partial charge in [-0.3, -0.25) is 24.5 Å². The molecular formula is C15H12N4O4S. The number of hydrogen-bond acceptors (Lipinski definition) is 6. The largest absolute Gasteiger partial charge is 0.321 e. The normalized spacial score (nSPS) is 12.7. The van der Waals surface area contributed by atoms with Gasteiger partial charge in [0.2, 0.25) is 0 Å². The summed E-state index contributed by atoms with van der Waals surface area (Å²) in [6, 6.07) is 5.46. The molecule has 0 bridgehead atoms. The highest BCUT2D eigenvalue weighted by atomic mass is 32.2. The molecule has 2 heterocycles. The molecule has 1 aromatic heterocycles. The summed E-state index contributed by atoms with van der Waals surface area (Å²) in [4.78, 5) is 53.7. The number of anilines is 1. The Kier molecular flexibility index (Phi) is 4.17. The number of benzene rings is 1. The SMILES string of the molecule is CSCc1nc(C(=O)Nc2ccc3c(c2)C(=O)NC3=O)cc(=O)[nH]1. The number of carbonyl (C=O) groups excluding carboxylic acids is 3. The molecule has 3 N–H and O–H groups in total. The van der Waals surface area contributed by atoms with Gasteiger partial charge in [0.25, 0.3) is 23.3 Å². The van der Waals surface area contributed by atoms with Gasteiger partial charge in [0.1, 0.15) is 11.5 Å². The summed E-state index contributed by atoms with van der Waals surface area (Å²) in [6.07, 6.45) is 1.85. The third kappa shape index (κ3) is 3.06. The van der Waals surface area contributed by atoms with Crippen LogP contribution >= 0.6 is 11.8 Å². The predicted octanol–water partition coefficient (Wildman–Crippen LogP) is 0.769. The van der Waals surface area contributed by atoms with Gasteiger partial charge >= 0.3 is 0 Å². The Morgan fingerprint density at radius 2 is 1.92 bits per heavy atom. The first-order valence-electron chi connectivity index (χ1n) is 6.88. The van der Waals surface area contributed by atoms with Crippen LogP contribution in [0.3, 0.4) is 0 Å². The molecule has 24 heavy (non-hydrogen) atoms. The Labute approximate surface area is 140 Å². The van der Waals surface area contributed by atoms with E-state index in [1.54, 1.807) is 0 Å². The molecule has 8 nitrogen and oxygen atoms in total. The zero-order chi connectivity index (χ0) is 17.3. The van der Waals surface area contributed by atoms with E-state index in [4.69, 9.17) is 0 Å². The van der Waals surface area contributed by atoms with Crippen LogP contribution < -0.4 is 16.2 Å². The van der Waals surface area contributed by atoms with Crippen LogP contribution in [0.4, 0.5) is 5.69 Å². The summed E-state index contributed by atoms with van der Waals surface area (Å²) in [5.74, 6) is -0.682. The van der Waals surface area contributed by atoms with Gasteiger partial charge in [-0.1, -0.05) is 0 Å². The number of nitrogens with zero attached hydrogens (tertiary/aromatic N) is 1. The Hall–Kier alpha value is -2.94. The first kappa shape index (κ1) is 15.9. The van der Waals surface area contributed by atoms with Crippen LogP contribution in [0.1, 0.15) is 37.0 Å². The van der Waals surface area contributed by atoms with Crippen LogP contribution in [0.5, 0.6) is 0 Å². The minimum absolute atomic E-state index is 0.0242. The van der Waals surface area contributed by atoms with Gasteiger partial charge in [-0.15, -0.1) is 0 Å². The molecule has 3 rings (SSSR count). The second-order valence-corrected chi connectivity index (χ2v) is 5.87. The maximum atomic E-state index is 12.3. The molecule has 2 aromatic rings. The molecule has 1 aliphatic rings. The first-order valence-corrected chi connectivity index (χ1v) is 8.27. The molecule has 1 aliphatic heterocycles. The molecular weight excluding hydrogens is 332 g/mol. The van der Waals surface area contributed by atoms with Crippen molar-refractivity contribution >= 4 is 35.2 Å². The van der Waals surface area contributed by atoms with E-state index in [1.807, 2.05) is 6.26 Å². The van der Waals surface area contributed by atoms with Crippen LogP contribution in [0.15, 0.2) is 29.1 Å². The van der Waals surface area contributed by atoms with Gasteiger partial charge < -0.3 is 10.3 Å². The van der Waals surface area contributed by atoms with E-state index >= 15 is 0 Å². The Balaban J connectivity index is 1.86. The lowest BCUT2D eigenvalue weighted by Gasteiger charge is -2.06. The number of fused-ring (bicyclic) bond motifs is 1. The van der Waals surface area contributed by atoms with E-state index in [-0.39, 0.29) is 16.8 Å². The highest BCUT2D eigenvalue weighted by Crippen LogP contribution is 2.20. The summed E-state index contributed by atoms with van der Waals surface area (Å²) in [6.45, 7) is 0. The third-order valence-electron chi connectivity index (χ3n) is 3.30. The van der Waals surface area contributed by atoms with Crippen molar-refractivity contribution in [3.05, 3.63) is 57.3 Å². The first-order chi connectivity index (χ1) is 11.5. The lowest BCUT2D eigenvalue weighted by Crippen LogP contribution is -2.20. The maximum absolute atomic E-state index is 12.3. The molecule has 0 saturated heterocycles. The number of amides is 3. The minimum atomic E-state index is -0.576. The summed E-state index contributed by atoms with van der Waals surface area (Å²) in [5, 5.41) is 4.74. The van der Waals surface area contributed by atoms with Gasteiger partial charge in [0.05, 0.1) is 16.9 Å². The predicted molar refractivity (Wildman–Crippen MR) is 88.3 cm³/mol. The molecule has 0 saturated carbocycles. The zero-order valence-corrected chi connectivity index (χ0v) is 13.3. The molecule has 0 unspecified atom stereocenters. The monoisotopic (exact) mass is 344 g/mol. The topological polar surface area (TPSA) is 121 Å². The van der Waals surface area contributed by atoms with Crippen molar-refractivity contribution in [2.75, 3.05) is 11.6 Å². The zero-order valence-electron chi connectivity index (χ0n) is 12.5. The summed E-state index contributed by atoms with van der Waals surface area (Å²) < 4.78 is 0. The van der Waals surface area contributed by atoms with Crippen molar-refractivity contribution in [2.45, 2.75) is 5.75 Å². The molecule has 3 amide bonds. The summed E-state index contributed by atoms with van der Waals surface area (Å²) >= 11 is 1.46.